The molecule has 0 nitrogen and oxygen atoms in total. The van der Waals surface area contributed by atoms with Gasteiger partial charge >= 0.3 is 0 Å². The Bertz CT molecular complexity index is 295. The third kappa shape index (κ3) is 1.76. The molecule has 0 heterocycles. The molecule has 0 aromatic heterocycles. The van der Waals surface area contributed by atoms with Crippen LogP contribution < -0.4 is 0 Å². The number of allylic oxidation sites excluding steroid dienone is 1. The largest absolute Gasteiger partial charge is 0.0952 e. The Labute approximate surface area is 74.9 Å². The Morgan fingerprint density at radius 2 is 1.92 bits per heavy atom. The highest BCUT2D eigenvalue weighted by Gasteiger charge is 1.97. The second-order valence-electron chi connectivity index (χ2n) is 3.26. The molecule has 0 amide bonds. The van der Waals surface area contributed by atoms with Gasteiger partial charge in [-0.05, 0) is 42.5 Å². The first kappa shape index (κ1) is 9.05. The Morgan fingerprint density at radius 1 is 1.25 bits per heavy atom. The summed E-state index contributed by atoms with van der Waals surface area (Å²) in [4.78, 5) is 0. The first-order chi connectivity index (χ1) is 5.65. The first-order valence-electron chi connectivity index (χ1n) is 4.40. The third-order valence-corrected chi connectivity index (χ3v) is 2.34. The van der Waals surface area contributed by atoms with Gasteiger partial charge in [0.2, 0.25) is 0 Å². The predicted molar refractivity (Wildman–Crippen MR) is 55.2 cm³/mol. The quantitative estimate of drug-likeness (QED) is 0.618. The smallest absolute Gasteiger partial charge is 0.0228 e. The number of aryl methyl sites for hydroxylation is 2. The maximum absolute atomic E-state index is 4.01. The van der Waals surface area contributed by atoms with Gasteiger partial charge in [-0.2, -0.15) is 0 Å². The van der Waals surface area contributed by atoms with E-state index in [4.69, 9.17) is 0 Å². The van der Waals surface area contributed by atoms with Gasteiger partial charge in [-0.1, -0.05) is 31.7 Å². The number of benzene rings is 1. The monoisotopic (exact) mass is 160 g/mol. The molecular weight excluding hydrogens is 144 g/mol. The van der Waals surface area contributed by atoms with Crippen LogP contribution >= 0.6 is 0 Å². The van der Waals surface area contributed by atoms with Gasteiger partial charge in [0.25, 0.3) is 0 Å². The van der Waals surface area contributed by atoms with Gasteiger partial charge in [0, 0.05) is 0 Å². The zero-order valence-corrected chi connectivity index (χ0v) is 8.15. The summed E-state index contributed by atoms with van der Waals surface area (Å²) >= 11 is 0. The predicted octanol–water partition coefficient (Wildman–Crippen LogP) is 3.73. The molecule has 12 heavy (non-hydrogen) atoms. The van der Waals surface area contributed by atoms with E-state index in [0.29, 0.717) is 0 Å². The van der Waals surface area contributed by atoms with Crippen LogP contribution in [0, 0.1) is 13.8 Å². The lowest BCUT2D eigenvalue weighted by molar-refractivity contribution is 1.23. The Hall–Kier alpha value is -1.04. The second kappa shape index (κ2) is 3.57. The molecule has 1 aromatic carbocycles. The van der Waals surface area contributed by atoms with Crippen LogP contribution in [0.5, 0.6) is 0 Å². The van der Waals surface area contributed by atoms with E-state index in [-0.39, 0.29) is 0 Å². The van der Waals surface area contributed by atoms with E-state index in [2.05, 4.69) is 45.5 Å². The van der Waals surface area contributed by atoms with E-state index >= 15 is 0 Å². The molecule has 0 saturated heterocycles. The zero-order chi connectivity index (χ0) is 9.14. The van der Waals surface area contributed by atoms with Crippen LogP contribution in [-0.2, 0) is 0 Å². The molecule has 0 heteroatoms. The molecule has 0 aliphatic carbocycles. The molecular formula is C12H16. The van der Waals surface area contributed by atoms with Crippen molar-refractivity contribution in [2.24, 2.45) is 0 Å². The molecule has 0 radical (unpaired) electrons. The van der Waals surface area contributed by atoms with Crippen LogP contribution in [0.2, 0.25) is 0 Å². The fourth-order valence-electron chi connectivity index (χ4n) is 1.17. The Morgan fingerprint density at radius 3 is 2.42 bits per heavy atom. The molecule has 1 aromatic rings. The van der Waals surface area contributed by atoms with Crippen LogP contribution in [0.25, 0.3) is 5.57 Å². The number of hydrogen-bond acceptors (Lipinski definition) is 0. The van der Waals surface area contributed by atoms with E-state index < -0.39 is 0 Å². The summed E-state index contributed by atoms with van der Waals surface area (Å²) in [6.45, 7) is 10.4. The van der Waals surface area contributed by atoms with E-state index in [9.17, 15) is 0 Å². The summed E-state index contributed by atoms with van der Waals surface area (Å²) in [6, 6.07) is 6.51. The van der Waals surface area contributed by atoms with Crippen molar-refractivity contribution in [3.05, 3.63) is 41.5 Å². The lowest BCUT2D eigenvalue weighted by Gasteiger charge is -2.05. The maximum atomic E-state index is 4.01. The first-order valence-corrected chi connectivity index (χ1v) is 4.40. The highest BCUT2D eigenvalue weighted by atomic mass is 14.0. The van der Waals surface area contributed by atoms with Crippen molar-refractivity contribution in [2.75, 3.05) is 0 Å². The van der Waals surface area contributed by atoms with Gasteiger partial charge in [0.15, 0.2) is 0 Å². The fraction of sp³-hybridized carbons (Fsp3) is 0.333. The number of rotatable bonds is 2. The minimum atomic E-state index is 1.03. The van der Waals surface area contributed by atoms with Gasteiger partial charge in [-0.15, -0.1) is 0 Å². The SMILES string of the molecule is C=C(CC)c1ccc(C)c(C)c1. The van der Waals surface area contributed by atoms with Gasteiger partial charge in [-0.3, -0.25) is 0 Å². The Kier molecular flexibility index (Phi) is 2.69. The van der Waals surface area contributed by atoms with Crippen molar-refractivity contribution in [1.29, 1.82) is 0 Å². The summed E-state index contributed by atoms with van der Waals surface area (Å²) in [5.41, 5.74) is 5.20. The molecule has 0 saturated carbocycles. The van der Waals surface area contributed by atoms with Crippen LogP contribution in [0.3, 0.4) is 0 Å². The molecule has 0 fully saturated rings. The van der Waals surface area contributed by atoms with Gasteiger partial charge in [0.1, 0.15) is 0 Å². The Balaban J connectivity index is 3.05. The zero-order valence-electron chi connectivity index (χ0n) is 8.15. The second-order valence-corrected chi connectivity index (χ2v) is 3.26. The summed E-state index contributed by atoms with van der Waals surface area (Å²) in [5, 5.41) is 0. The average Bonchev–Trinajstić information content (AvgIpc) is 2.08. The highest BCUT2D eigenvalue weighted by Crippen LogP contribution is 2.18. The highest BCUT2D eigenvalue weighted by molar-refractivity contribution is 5.64. The molecule has 0 atom stereocenters. The maximum Gasteiger partial charge on any atom is -0.0228 e. The van der Waals surface area contributed by atoms with Crippen molar-refractivity contribution in [2.45, 2.75) is 27.2 Å². The number of hydrogen-bond donors (Lipinski definition) is 0. The topological polar surface area (TPSA) is 0 Å². The van der Waals surface area contributed by atoms with E-state index in [1.807, 2.05) is 0 Å². The third-order valence-electron chi connectivity index (χ3n) is 2.34. The summed E-state index contributed by atoms with van der Waals surface area (Å²) in [6.07, 6.45) is 1.03. The molecule has 0 spiro atoms. The standard InChI is InChI=1S/C12H16/c1-5-9(2)12-7-6-10(3)11(4)8-12/h6-8H,2,5H2,1,3-4H3. The van der Waals surface area contributed by atoms with E-state index in [1.165, 1.54) is 22.3 Å². The molecule has 0 aliphatic rings. The van der Waals surface area contributed by atoms with Gasteiger partial charge < -0.3 is 0 Å². The van der Waals surface area contributed by atoms with Crippen molar-refractivity contribution in [1.82, 2.24) is 0 Å². The molecule has 1 rings (SSSR count). The normalized spacial score (nSPS) is 9.92. The van der Waals surface area contributed by atoms with Crippen LogP contribution in [-0.4, -0.2) is 0 Å². The lowest BCUT2D eigenvalue weighted by Crippen LogP contribution is -1.85. The molecule has 0 aliphatic heterocycles. The van der Waals surface area contributed by atoms with Crippen molar-refractivity contribution in [3.63, 3.8) is 0 Å². The summed E-state index contributed by atoms with van der Waals surface area (Å²) < 4.78 is 0. The summed E-state index contributed by atoms with van der Waals surface area (Å²) in [7, 11) is 0. The molecule has 0 N–H and O–H groups in total. The van der Waals surface area contributed by atoms with Crippen LogP contribution in [0.4, 0.5) is 0 Å². The molecule has 0 unspecified atom stereocenters. The van der Waals surface area contributed by atoms with Crippen LogP contribution in [0.15, 0.2) is 24.8 Å². The van der Waals surface area contributed by atoms with Crippen LogP contribution in [0.1, 0.15) is 30.0 Å². The minimum absolute atomic E-state index is 1.03. The van der Waals surface area contributed by atoms with E-state index in [1.54, 1.807) is 0 Å². The van der Waals surface area contributed by atoms with E-state index in [0.717, 1.165) is 6.42 Å². The van der Waals surface area contributed by atoms with Crippen molar-refractivity contribution in [3.8, 4) is 0 Å². The minimum Gasteiger partial charge on any atom is -0.0952 e. The average molecular weight is 160 g/mol. The fourth-order valence-corrected chi connectivity index (χ4v) is 1.17. The van der Waals surface area contributed by atoms with Gasteiger partial charge in [-0.25, -0.2) is 0 Å². The van der Waals surface area contributed by atoms with Crippen molar-refractivity contribution >= 4 is 5.57 Å². The van der Waals surface area contributed by atoms with Crippen molar-refractivity contribution < 1.29 is 0 Å². The molecule has 64 valence electrons. The van der Waals surface area contributed by atoms with Gasteiger partial charge in [0.05, 0.1) is 0 Å². The summed E-state index contributed by atoms with van der Waals surface area (Å²) in [5.74, 6) is 0. The molecule has 0 bridgehead atoms. The lowest BCUT2D eigenvalue weighted by atomic mass is 10.0.